The minimum Gasteiger partial charge on any atom is -0.480 e. The molecule has 0 fully saturated rings. The molecule has 138 valence electrons. The van der Waals surface area contributed by atoms with Gasteiger partial charge in [0.25, 0.3) is 0 Å². The van der Waals surface area contributed by atoms with Gasteiger partial charge in [0.05, 0.1) is 17.7 Å². The molecular formula is C17H13ClF3NO4. The van der Waals surface area contributed by atoms with E-state index in [9.17, 15) is 22.8 Å². The van der Waals surface area contributed by atoms with E-state index in [-0.39, 0.29) is 28.4 Å². The number of aliphatic carboxylic acids is 1. The minimum atomic E-state index is -4.50. The van der Waals surface area contributed by atoms with E-state index in [2.05, 4.69) is 5.32 Å². The Labute approximate surface area is 151 Å². The van der Waals surface area contributed by atoms with Crippen LogP contribution in [0.4, 0.5) is 18.9 Å². The fourth-order valence-electron chi connectivity index (χ4n) is 2.10. The summed E-state index contributed by atoms with van der Waals surface area (Å²) in [5, 5.41) is 11.4. The second-order valence-corrected chi connectivity index (χ2v) is 5.68. The monoisotopic (exact) mass is 387 g/mol. The van der Waals surface area contributed by atoms with Gasteiger partial charge < -0.3 is 15.2 Å². The topological polar surface area (TPSA) is 75.6 Å². The van der Waals surface area contributed by atoms with Crippen molar-refractivity contribution in [3.05, 3.63) is 58.6 Å². The Bertz CT molecular complexity index is 824. The van der Waals surface area contributed by atoms with Crippen LogP contribution >= 0.6 is 11.6 Å². The average molecular weight is 388 g/mol. The van der Waals surface area contributed by atoms with E-state index in [1.807, 2.05) is 0 Å². The van der Waals surface area contributed by atoms with Crippen molar-refractivity contribution in [1.29, 1.82) is 0 Å². The van der Waals surface area contributed by atoms with Crippen molar-refractivity contribution in [2.45, 2.75) is 12.6 Å². The van der Waals surface area contributed by atoms with Crippen LogP contribution in [-0.2, 0) is 22.2 Å². The molecule has 0 saturated heterocycles. The van der Waals surface area contributed by atoms with E-state index >= 15 is 0 Å². The van der Waals surface area contributed by atoms with E-state index < -0.39 is 30.2 Å². The SMILES string of the molecule is O=C(O)COc1cc(Cl)ccc1NC(=O)Cc1cccc(C(F)(F)F)c1. The van der Waals surface area contributed by atoms with Crippen molar-refractivity contribution in [3.63, 3.8) is 0 Å². The van der Waals surface area contributed by atoms with Crippen LogP contribution in [0.1, 0.15) is 11.1 Å². The lowest BCUT2D eigenvalue weighted by molar-refractivity contribution is -0.139. The number of ether oxygens (including phenoxy) is 1. The number of amides is 1. The summed E-state index contributed by atoms with van der Waals surface area (Å²) in [5.41, 5.74) is -0.508. The first-order valence-corrected chi connectivity index (χ1v) is 7.63. The number of carboxylic acid groups (broad SMARTS) is 1. The molecule has 9 heteroatoms. The number of rotatable bonds is 6. The maximum atomic E-state index is 12.7. The summed E-state index contributed by atoms with van der Waals surface area (Å²) >= 11 is 5.81. The third-order valence-electron chi connectivity index (χ3n) is 3.19. The summed E-state index contributed by atoms with van der Waals surface area (Å²) in [6.45, 7) is -0.642. The van der Waals surface area contributed by atoms with Gasteiger partial charge in [0.1, 0.15) is 5.75 Å². The number of hydrogen-bond donors (Lipinski definition) is 2. The quantitative estimate of drug-likeness (QED) is 0.785. The number of carbonyl (C=O) groups excluding carboxylic acids is 1. The molecule has 2 aromatic rings. The lowest BCUT2D eigenvalue weighted by Gasteiger charge is -2.12. The van der Waals surface area contributed by atoms with Crippen LogP contribution in [0.5, 0.6) is 5.75 Å². The van der Waals surface area contributed by atoms with Gasteiger partial charge in [-0.25, -0.2) is 4.79 Å². The molecule has 26 heavy (non-hydrogen) atoms. The number of carboxylic acids is 1. The van der Waals surface area contributed by atoms with Gasteiger partial charge in [-0.15, -0.1) is 0 Å². The Hall–Kier alpha value is -2.74. The highest BCUT2D eigenvalue weighted by Gasteiger charge is 2.30. The first kappa shape index (κ1) is 19.6. The standard InChI is InChI=1S/C17H13ClF3NO4/c18-12-4-5-13(14(8-12)26-9-16(24)25)22-15(23)7-10-2-1-3-11(6-10)17(19,20)21/h1-6,8H,7,9H2,(H,22,23)(H,24,25). The molecule has 0 aromatic heterocycles. The van der Waals surface area contributed by atoms with Gasteiger partial charge in [0.2, 0.25) is 5.91 Å². The summed E-state index contributed by atoms with van der Waals surface area (Å²) < 4.78 is 43.2. The fourth-order valence-corrected chi connectivity index (χ4v) is 2.26. The van der Waals surface area contributed by atoms with E-state index in [0.717, 1.165) is 12.1 Å². The van der Waals surface area contributed by atoms with Crippen LogP contribution in [-0.4, -0.2) is 23.6 Å². The zero-order valence-electron chi connectivity index (χ0n) is 13.1. The molecule has 0 aliphatic carbocycles. The molecule has 0 radical (unpaired) electrons. The van der Waals surface area contributed by atoms with Crippen LogP contribution in [0.3, 0.4) is 0 Å². The third kappa shape index (κ3) is 5.66. The lowest BCUT2D eigenvalue weighted by Crippen LogP contribution is -2.17. The highest BCUT2D eigenvalue weighted by molar-refractivity contribution is 6.30. The van der Waals surface area contributed by atoms with E-state index in [4.69, 9.17) is 21.4 Å². The molecule has 2 rings (SSSR count). The van der Waals surface area contributed by atoms with Crippen LogP contribution < -0.4 is 10.1 Å². The van der Waals surface area contributed by atoms with Crippen molar-refractivity contribution in [2.75, 3.05) is 11.9 Å². The number of hydrogen-bond acceptors (Lipinski definition) is 3. The van der Waals surface area contributed by atoms with Gasteiger partial charge in [-0.3, -0.25) is 4.79 Å². The Balaban J connectivity index is 2.12. The Morgan fingerprint density at radius 1 is 1.15 bits per heavy atom. The van der Waals surface area contributed by atoms with E-state index in [1.165, 1.54) is 30.3 Å². The second kappa shape index (κ2) is 8.09. The Morgan fingerprint density at radius 2 is 1.88 bits per heavy atom. The number of halogens is 4. The number of alkyl halides is 3. The van der Waals surface area contributed by atoms with Crippen LogP contribution in [0.15, 0.2) is 42.5 Å². The summed E-state index contributed by atoms with van der Waals surface area (Å²) in [7, 11) is 0. The van der Waals surface area contributed by atoms with Crippen LogP contribution in [0.2, 0.25) is 5.02 Å². The fraction of sp³-hybridized carbons (Fsp3) is 0.176. The number of anilines is 1. The molecule has 0 heterocycles. The Morgan fingerprint density at radius 3 is 2.54 bits per heavy atom. The zero-order chi connectivity index (χ0) is 19.3. The molecule has 0 bridgehead atoms. The normalized spacial score (nSPS) is 11.1. The predicted octanol–water partition coefficient (Wildman–Crippen LogP) is 4.00. The van der Waals surface area contributed by atoms with Crippen molar-refractivity contribution < 1.29 is 32.6 Å². The van der Waals surface area contributed by atoms with Gasteiger partial charge in [-0.1, -0.05) is 29.8 Å². The average Bonchev–Trinajstić information content (AvgIpc) is 2.54. The molecule has 0 spiro atoms. The van der Waals surface area contributed by atoms with Gasteiger partial charge in [-0.2, -0.15) is 13.2 Å². The van der Waals surface area contributed by atoms with Crippen molar-refractivity contribution in [3.8, 4) is 5.75 Å². The van der Waals surface area contributed by atoms with Gasteiger partial charge in [0.15, 0.2) is 6.61 Å². The summed E-state index contributed by atoms with van der Waals surface area (Å²) in [6, 6.07) is 8.61. The van der Waals surface area contributed by atoms with Gasteiger partial charge >= 0.3 is 12.1 Å². The third-order valence-corrected chi connectivity index (χ3v) is 3.42. The van der Waals surface area contributed by atoms with Crippen molar-refractivity contribution in [1.82, 2.24) is 0 Å². The number of benzene rings is 2. The summed E-state index contributed by atoms with van der Waals surface area (Å²) in [6.07, 6.45) is -4.80. The molecule has 0 unspecified atom stereocenters. The van der Waals surface area contributed by atoms with Crippen LogP contribution in [0.25, 0.3) is 0 Å². The van der Waals surface area contributed by atoms with Crippen LogP contribution in [0, 0.1) is 0 Å². The highest BCUT2D eigenvalue weighted by Crippen LogP contribution is 2.30. The lowest BCUT2D eigenvalue weighted by atomic mass is 10.1. The predicted molar refractivity (Wildman–Crippen MR) is 88.4 cm³/mol. The molecule has 1 amide bonds. The zero-order valence-corrected chi connectivity index (χ0v) is 13.9. The van der Waals surface area contributed by atoms with Crippen molar-refractivity contribution >= 4 is 29.2 Å². The maximum absolute atomic E-state index is 12.7. The Kier molecular flexibility index (Phi) is 6.10. The number of carbonyl (C=O) groups is 2. The first-order chi connectivity index (χ1) is 12.1. The van der Waals surface area contributed by atoms with Crippen molar-refractivity contribution in [2.24, 2.45) is 0 Å². The molecule has 0 aliphatic rings. The van der Waals surface area contributed by atoms with Gasteiger partial charge in [-0.05, 0) is 23.8 Å². The summed E-state index contributed by atoms with van der Waals surface area (Å²) in [5.74, 6) is -1.77. The molecule has 5 nitrogen and oxygen atoms in total. The molecule has 2 aromatic carbocycles. The summed E-state index contributed by atoms with van der Waals surface area (Å²) in [4.78, 5) is 22.7. The smallest absolute Gasteiger partial charge is 0.416 e. The largest absolute Gasteiger partial charge is 0.480 e. The van der Waals surface area contributed by atoms with Gasteiger partial charge in [0, 0.05) is 11.1 Å². The minimum absolute atomic E-state index is 0.0392. The molecule has 2 N–H and O–H groups in total. The van der Waals surface area contributed by atoms with E-state index in [1.54, 1.807) is 0 Å². The highest BCUT2D eigenvalue weighted by atomic mass is 35.5. The molecule has 0 aliphatic heterocycles. The number of nitrogens with one attached hydrogen (secondary N) is 1. The molecule has 0 saturated carbocycles. The maximum Gasteiger partial charge on any atom is 0.416 e. The molecular weight excluding hydrogens is 375 g/mol. The first-order valence-electron chi connectivity index (χ1n) is 7.25. The van der Waals surface area contributed by atoms with E-state index in [0.29, 0.717) is 0 Å². The second-order valence-electron chi connectivity index (χ2n) is 5.25. The molecule has 0 atom stereocenters.